The van der Waals surface area contributed by atoms with Crippen molar-refractivity contribution in [3.05, 3.63) is 0 Å². The normalized spacial score (nSPS) is 14.0. The van der Waals surface area contributed by atoms with E-state index in [0.717, 1.165) is 38.5 Å². The molecule has 0 heterocycles. The lowest BCUT2D eigenvalue weighted by atomic mass is 10.0. The van der Waals surface area contributed by atoms with Gasteiger partial charge >= 0.3 is 25.7 Å². The third kappa shape index (κ3) is 31.5. The molecule has 47 heavy (non-hydrogen) atoms. The molecule has 12 heteroatoms. The molecule has 0 saturated carbocycles. The molecule has 4 N–H and O–H groups in total. The number of ether oxygens (including phenoxy) is 2. The van der Waals surface area contributed by atoms with Gasteiger partial charge in [-0.15, -0.1) is 0 Å². The zero-order valence-electron chi connectivity index (χ0n) is 29.6. The quantitative estimate of drug-likeness (QED) is 0.0329. The number of carbonyl (C=O) groups excluding carboxylic acids is 2. The fraction of sp³-hybridized carbons (Fsp3) is 0.914. The number of esters is 2. The van der Waals surface area contributed by atoms with E-state index < -0.39 is 51.1 Å². The van der Waals surface area contributed by atoms with Crippen LogP contribution in [0.2, 0.25) is 0 Å². The van der Waals surface area contributed by atoms with Crippen molar-refractivity contribution in [2.75, 3.05) is 19.8 Å². The molecule has 0 rings (SSSR count). The number of carboxylic acid groups (broad SMARTS) is 1. The van der Waals surface area contributed by atoms with E-state index in [1.54, 1.807) is 0 Å². The van der Waals surface area contributed by atoms with Gasteiger partial charge in [0, 0.05) is 12.8 Å². The van der Waals surface area contributed by atoms with Crippen LogP contribution < -0.4 is 5.73 Å². The maximum Gasteiger partial charge on any atom is 0.472 e. The number of rotatable bonds is 35. The van der Waals surface area contributed by atoms with Gasteiger partial charge in [0.15, 0.2) is 6.10 Å². The van der Waals surface area contributed by atoms with Crippen LogP contribution in [0.5, 0.6) is 0 Å². The van der Waals surface area contributed by atoms with Gasteiger partial charge in [0.25, 0.3) is 0 Å². The molecule has 0 bridgehead atoms. The summed E-state index contributed by atoms with van der Waals surface area (Å²) in [6.07, 6.45) is 26.1. The van der Waals surface area contributed by atoms with E-state index in [-0.39, 0.29) is 19.4 Å². The second kappa shape index (κ2) is 31.7. The lowest BCUT2D eigenvalue weighted by molar-refractivity contribution is -0.161. The molecule has 0 aliphatic heterocycles. The number of nitrogens with two attached hydrogens (primary N) is 1. The standard InChI is InChI=1S/C35H68NO10P/c1-3-5-7-9-11-13-14-15-16-17-19-20-22-24-26-33(37)43-28-31(29-44-47(41,42)45-30-32(36)35(39)40)46-34(38)27-25-23-21-18-12-10-8-6-4-2/h31-32H,3-30,36H2,1-2H3,(H,39,40)(H,41,42)/t31-,32+/m1/s1. The number of carbonyl (C=O) groups is 3. The highest BCUT2D eigenvalue weighted by molar-refractivity contribution is 7.47. The average molecular weight is 694 g/mol. The van der Waals surface area contributed by atoms with E-state index in [1.807, 2.05) is 0 Å². The first-order valence-electron chi connectivity index (χ1n) is 18.6. The van der Waals surface area contributed by atoms with Crippen molar-refractivity contribution in [3.8, 4) is 0 Å². The highest BCUT2D eigenvalue weighted by Crippen LogP contribution is 2.43. The van der Waals surface area contributed by atoms with E-state index >= 15 is 0 Å². The van der Waals surface area contributed by atoms with Crippen molar-refractivity contribution in [1.29, 1.82) is 0 Å². The van der Waals surface area contributed by atoms with Crippen LogP contribution in [-0.4, -0.2) is 59.9 Å². The number of hydrogen-bond donors (Lipinski definition) is 3. The number of hydrogen-bond acceptors (Lipinski definition) is 9. The number of carboxylic acids is 1. The van der Waals surface area contributed by atoms with Crippen molar-refractivity contribution >= 4 is 25.7 Å². The Kier molecular flexibility index (Phi) is 30.7. The summed E-state index contributed by atoms with van der Waals surface area (Å²) in [6, 6.07) is -1.51. The first-order valence-corrected chi connectivity index (χ1v) is 20.1. The Morgan fingerprint density at radius 3 is 1.34 bits per heavy atom. The lowest BCUT2D eigenvalue weighted by Crippen LogP contribution is -2.34. The zero-order chi connectivity index (χ0) is 35.0. The summed E-state index contributed by atoms with van der Waals surface area (Å²) in [5, 5.41) is 8.83. The topological polar surface area (TPSA) is 172 Å². The highest BCUT2D eigenvalue weighted by atomic mass is 31.2. The summed E-state index contributed by atoms with van der Waals surface area (Å²) in [7, 11) is -4.70. The lowest BCUT2D eigenvalue weighted by Gasteiger charge is -2.20. The third-order valence-corrected chi connectivity index (χ3v) is 9.06. The van der Waals surface area contributed by atoms with Crippen molar-refractivity contribution in [2.24, 2.45) is 5.73 Å². The maximum atomic E-state index is 12.5. The van der Waals surface area contributed by atoms with Crippen LogP contribution in [0.15, 0.2) is 0 Å². The van der Waals surface area contributed by atoms with Crippen LogP contribution in [0.1, 0.15) is 174 Å². The molecule has 0 aliphatic rings. The third-order valence-electron chi connectivity index (χ3n) is 8.11. The van der Waals surface area contributed by atoms with Crippen molar-refractivity contribution in [1.82, 2.24) is 0 Å². The molecule has 0 aromatic rings. The van der Waals surface area contributed by atoms with Gasteiger partial charge in [0.1, 0.15) is 12.6 Å². The maximum absolute atomic E-state index is 12.5. The largest absolute Gasteiger partial charge is 0.480 e. The minimum Gasteiger partial charge on any atom is -0.480 e. The summed E-state index contributed by atoms with van der Waals surface area (Å²) in [4.78, 5) is 45.6. The van der Waals surface area contributed by atoms with E-state index in [2.05, 4.69) is 18.4 Å². The van der Waals surface area contributed by atoms with Gasteiger partial charge in [0.2, 0.25) is 0 Å². The van der Waals surface area contributed by atoms with Crippen LogP contribution in [0.4, 0.5) is 0 Å². The predicted octanol–water partition coefficient (Wildman–Crippen LogP) is 8.78. The molecule has 11 nitrogen and oxygen atoms in total. The molecule has 1 unspecified atom stereocenters. The molecule has 0 aromatic carbocycles. The zero-order valence-corrected chi connectivity index (χ0v) is 30.5. The number of phosphoric acid groups is 1. The summed E-state index contributed by atoms with van der Waals surface area (Å²) in [5.41, 5.74) is 5.30. The predicted molar refractivity (Wildman–Crippen MR) is 185 cm³/mol. The van der Waals surface area contributed by atoms with Crippen molar-refractivity contribution in [3.63, 3.8) is 0 Å². The molecule has 3 atom stereocenters. The summed E-state index contributed by atoms with van der Waals surface area (Å²) >= 11 is 0. The SMILES string of the molecule is CCCCCCCCCCCCCCCCC(=O)OC[C@H](COP(=O)(O)OC[C@H](N)C(=O)O)OC(=O)CCCCCCCCCCC. The van der Waals surface area contributed by atoms with Crippen molar-refractivity contribution in [2.45, 2.75) is 187 Å². The van der Waals surface area contributed by atoms with E-state index in [0.29, 0.717) is 12.8 Å². The second-order valence-electron chi connectivity index (χ2n) is 12.7. The first-order chi connectivity index (χ1) is 22.6. The fourth-order valence-corrected chi connectivity index (χ4v) is 5.90. The Morgan fingerprint density at radius 1 is 0.574 bits per heavy atom. The van der Waals surface area contributed by atoms with Gasteiger partial charge < -0.3 is 25.2 Å². The van der Waals surface area contributed by atoms with E-state index in [4.69, 9.17) is 24.8 Å². The van der Waals surface area contributed by atoms with Crippen LogP contribution in [0, 0.1) is 0 Å². The molecule has 0 fully saturated rings. The smallest absolute Gasteiger partial charge is 0.472 e. The minimum atomic E-state index is -4.70. The molecule has 0 amide bonds. The highest BCUT2D eigenvalue weighted by Gasteiger charge is 2.28. The molecule has 0 saturated heterocycles. The fourth-order valence-electron chi connectivity index (χ4n) is 5.12. The van der Waals surface area contributed by atoms with Crippen molar-refractivity contribution < 1.29 is 47.5 Å². The van der Waals surface area contributed by atoms with Gasteiger partial charge in [-0.1, -0.05) is 149 Å². The number of phosphoric ester groups is 1. The van der Waals surface area contributed by atoms with E-state index in [9.17, 15) is 23.8 Å². The monoisotopic (exact) mass is 693 g/mol. The number of aliphatic carboxylic acids is 1. The summed E-state index contributed by atoms with van der Waals surface area (Å²) in [5.74, 6) is -2.37. The number of unbranched alkanes of at least 4 members (excludes halogenated alkanes) is 21. The molecule has 0 spiro atoms. The van der Waals surface area contributed by atoms with E-state index in [1.165, 1.54) is 96.3 Å². The van der Waals surface area contributed by atoms with Gasteiger partial charge in [-0.3, -0.25) is 23.4 Å². The Balaban J connectivity index is 4.39. The van der Waals surface area contributed by atoms with Gasteiger partial charge in [0.05, 0.1) is 13.2 Å². The van der Waals surface area contributed by atoms with Gasteiger partial charge in [-0.2, -0.15) is 0 Å². The summed E-state index contributed by atoms with van der Waals surface area (Å²) in [6.45, 7) is 2.77. The van der Waals surface area contributed by atoms with Gasteiger partial charge in [-0.25, -0.2) is 4.57 Å². The molecule has 0 radical (unpaired) electrons. The molecular formula is C35H68NO10P. The Bertz CT molecular complexity index is 828. The van der Waals surface area contributed by atoms with Crippen LogP contribution >= 0.6 is 7.82 Å². The summed E-state index contributed by atoms with van der Waals surface area (Å²) < 4.78 is 32.5. The molecule has 0 aliphatic carbocycles. The minimum absolute atomic E-state index is 0.167. The van der Waals surface area contributed by atoms with Crippen LogP contribution in [0.3, 0.4) is 0 Å². The first kappa shape index (κ1) is 45.5. The van der Waals surface area contributed by atoms with Crippen LogP contribution in [0.25, 0.3) is 0 Å². The Morgan fingerprint density at radius 2 is 0.936 bits per heavy atom. The average Bonchev–Trinajstić information content (AvgIpc) is 3.04. The Hall–Kier alpha value is -1.52. The Labute approximate surface area is 285 Å². The molecule has 0 aromatic heterocycles. The molecular weight excluding hydrogens is 625 g/mol. The van der Waals surface area contributed by atoms with Crippen LogP contribution in [-0.2, 0) is 37.5 Å². The second-order valence-corrected chi connectivity index (χ2v) is 14.2. The van der Waals surface area contributed by atoms with Gasteiger partial charge in [-0.05, 0) is 12.8 Å². The molecule has 278 valence electrons.